The molecule has 0 saturated carbocycles. The highest BCUT2D eigenvalue weighted by Crippen LogP contribution is 2.36. The lowest BCUT2D eigenvalue weighted by molar-refractivity contribution is -0.121. The molecule has 2 N–H and O–H groups in total. The van der Waals surface area contributed by atoms with Crippen LogP contribution in [-0.2, 0) is 14.9 Å². The number of hydrogen-bond acceptors (Lipinski definition) is 4. The second kappa shape index (κ2) is 11.4. The number of guanidine groups is 1. The molecular weight excluding hydrogens is 392 g/mol. The predicted octanol–water partition coefficient (Wildman–Crippen LogP) is 2.56. The Bertz CT molecular complexity index is 721. The summed E-state index contributed by atoms with van der Waals surface area (Å²) in [7, 11) is 3.41. The van der Waals surface area contributed by atoms with E-state index in [1.54, 1.807) is 14.2 Å². The quantitative estimate of drug-likeness (QED) is 0.514. The molecule has 2 fully saturated rings. The molecule has 31 heavy (non-hydrogen) atoms. The van der Waals surface area contributed by atoms with Crippen LogP contribution in [0.2, 0.25) is 0 Å². The third kappa shape index (κ3) is 6.12. The van der Waals surface area contributed by atoms with Crippen molar-refractivity contribution in [1.82, 2.24) is 15.5 Å². The van der Waals surface area contributed by atoms with Gasteiger partial charge in [0.15, 0.2) is 5.96 Å². The molecule has 0 atom stereocenters. The summed E-state index contributed by atoms with van der Waals surface area (Å²) >= 11 is 0. The highest BCUT2D eigenvalue weighted by atomic mass is 16.5. The minimum Gasteiger partial charge on any atom is -0.497 e. The van der Waals surface area contributed by atoms with Crippen molar-refractivity contribution in [2.45, 2.75) is 44.4 Å². The fraction of sp³-hybridized carbons (Fsp3) is 0.667. The molecule has 7 heteroatoms. The first-order valence-corrected chi connectivity index (χ1v) is 11.6. The molecule has 7 nitrogen and oxygen atoms in total. The lowest BCUT2D eigenvalue weighted by atomic mass is 9.74. The van der Waals surface area contributed by atoms with Gasteiger partial charge in [0, 0.05) is 51.7 Å². The summed E-state index contributed by atoms with van der Waals surface area (Å²) in [6.07, 6.45) is 4.61. The molecule has 0 spiro atoms. The van der Waals surface area contributed by atoms with Crippen LogP contribution >= 0.6 is 0 Å². The summed E-state index contributed by atoms with van der Waals surface area (Å²) in [5.74, 6) is 2.46. The van der Waals surface area contributed by atoms with E-state index in [0.29, 0.717) is 12.3 Å². The number of carbonyl (C=O) groups excluding carboxylic acids is 1. The van der Waals surface area contributed by atoms with Crippen LogP contribution in [0.25, 0.3) is 0 Å². The zero-order valence-electron chi connectivity index (χ0n) is 19.3. The van der Waals surface area contributed by atoms with Crippen LogP contribution < -0.4 is 15.4 Å². The van der Waals surface area contributed by atoms with Crippen LogP contribution in [0, 0.1) is 5.92 Å². The number of amides is 1. The van der Waals surface area contributed by atoms with Gasteiger partial charge < -0.3 is 25.0 Å². The molecule has 2 saturated heterocycles. The SMILES string of the molecule is CCNC(=NCC1(c2ccc(OC)cc2)CCOCC1)N1CCC(CC(=O)NC)CC1. The van der Waals surface area contributed by atoms with Crippen molar-refractivity contribution in [1.29, 1.82) is 0 Å². The molecule has 0 unspecified atom stereocenters. The summed E-state index contributed by atoms with van der Waals surface area (Å²) in [6, 6.07) is 8.44. The average Bonchev–Trinajstić information content (AvgIpc) is 2.83. The Kier molecular flexibility index (Phi) is 8.58. The molecule has 1 aromatic carbocycles. The van der Waals surface area contributed by atoms with Crippen LogP contribution in [-0.4, -0.2) is 70.3 Å². The van der Waals surface area contributed by atoms with Crippen molar-refractivity contribution in [3.05, 3.63) is 29.8 Å². The highest BCUT2D eigenvalue weighted by Gasteiger charge is 2.35. The van der Waals surface area contributed by atoms with Gasteiger partial charge in [-0.3, -0.25) is 9.79 Å². The molecule has 1 aromatic rings. The minimum absolute atomic E-state index is 0.0112. The van der Waals surface area contributed by atoms with Crippen LogP contribution in [0.3, 0.4) is 0 Å². The third-order valence-electron chi connectivity index (χ3n) is 6.69. The largest absolute Gasteiger partial charge is 0.497 e. The summed E-state index contributed by atoms with van der Waals surface area (Å²) in [6.45, 7) is 7.10. The first kappa shape index (κ1) is 23.4. The second-order valence-corrected chi connectivity index (χ2v) is 8.60. The van der Waals surface area contributed by atoms with Crippen molar-refractivity contribution in [3.8, 4) is 5.75 Å². The van der Waals surface area contributed by atoms with Crippen molar-refractivity contribution >= 4 is 11.9 Å². The number of piperidine rings is 1. The maximum absolute atomic E-state index is 11.7. The Morgan fingerprint density at radius 3 is 2.48 bits per heavy atom. The van der Waals surface area contributed by atoms with Crippen molar-refractivity contribution in [3.63, 3.8) is 0 Å². The molecule has 2 aliphatic rings. The van der Waals surface area contributed by atoms with Gasteiger partial charge in [-0.05, 0) is 56.2 Å². The molecule has 172 valence electrons. The Morgan fingerprint density at radius 2 is 1.90 bits per heavy atom. The number of aliphatic imine (C=N–C) groups is 1. The van der Waals surface area contributed by atoms with E-state index >= 15 is 0 Å². The monoisotopic (exact) mass is 430 g/mol. The number of likely N-dealkylation sites (tertiary alicyclic amines) is 1. The van der Waals surface area contributed by atoms with Gasteiger partial charge >= 0.3 is 0 Å². The zero-order valence-corrected chi connectivity index (χ0v) is 19.3. The third-order valence-corrected chi connectivity index (χ3v) is 6.69. The van der Waals surface area contributed by atoms with Gasteiger partial charge in [0.05, 0.1) is 13.7 Å². The fourth-order valence-electron chi connectivity index (χ4n) is 4.61. The number of ether oxygens (including phenoxy) is 2. The van der Waals surface area contributed by atoms with Crippen molar-refractivity contribution in [2.24, 2.45) is 10.9 Å². The minimum atomic E-state index is -0.0112. The Morgan fingerprint density at radius 1 is 1.23 bits per heavy atom. The van der Waals surface area contributed by atoms with E-state index in [-0.39, 0.29) is 11.3 Å². The van der Waals surface area contributed by atoms with E-state index < -0.39 is 0 Å². The molecule has 3 rings (SSSR count). The van der Waals surface area contributed by atoms with Gasteiger partial charge in [-0.15, -0.1) is 0 Å². The van der Waals surface area contributed by atoms with Crippen LogP contribution in [0.4, 0.5) is 0 Å². The molecule has 0 aromatic heterocycles. The topological polar surface area (TPSA) is 75.2 Å². The summed E-state index contributed by atoms with van der Waals surface area (Å²) in [5.41, 5.74) is 1.29. The van der Waals surface area contributed by atoms with Gasteiger partial charge in [-0.2, -0.15) is 0 Å². The van der Waals surface area contributed by atoms with Crippen LogP contribution in [0.15, 0.2) is 29.3 Å². The standard InChI is InChI=1S/C24H38N4O3/c1-4-26-23(28-13-9-19(10-14-28)17-22(29)25-2)27-18-24(11-15-31-16-12-24)20-5-7-21(30-3)8-6-20/h5-8,19H,4,9-18H2,1-3H3,(H,25,29)(H,26,27). The van der Waals surface area contributed by atoms with E-state index in [0.717, 1.165) is 76.8 Å². The molecule has 2 aliphatic heterocycles. The van der Waals surface area contributed by atoms with Crippen LogP contribution in [0.5, 0.6) is 5.75 Å². The van der Waals surface area contributed by atoms with Crippen molar-refractivity contribution < 1.29 is 14.3 Å². The van der Waals surface area contributed by atoms with E-state index in [1.807, 2.05) is 12.1 Å². The van der Waals surface area contributed by atoms with E-state index in [4.69, 9.17) is 14.5 Å². The van der Waals surface area contributed by atoms with Gasteiger partial charge in [0.25, 0.3) is 0 Å². The maximum Gasteiger partial charge on any atom is 0.220 e. The maximum atomic E-state index is 11.7. The average molecular weight is 431 g/mol. The van der Waals surface area contributed by atoms with Gasteiger partial charge in [-0.25, -0.2) is 0 Å². The van der Waals surface area contributed by atoms with Gasteiger partial charge in [0.1, 0.15) is 5.75 Å². The first-order valence-electron chi connectivity index (χ1n) is 11.6. The smallest absolute Gasteiger partial charge is 0.220 e. The summed E-state index contributed by atoms with van der Waals surface area (Å²) < 4.78 is 11.0. The highest BCUT2D eigenvalue weighted by molar-refractivity contribution is 5.80. The zero-order chi connectivity index (χ0) is 22.1. The number of benzene rings is 1. The summed E-state index contributed by atoms with van der Waals surface area (Å²) in [4.78, 5) is 19.2. The van der Waals surface area contributed by atoms with E-state index in [2.05, 4.69) is 34.6 Å². The lowest BCUT2D eigenvalue weighted by Gasteiger charge is -2.38. The number of hydrogen-bond donors (Lipinski definition) is 2. The van der Waals surface area contributed by atoms with Gasteiger partial charge in [0.2, 0.25) is 5.91 Å². The molecule has 0 bridgehead atoms. The molecular formula is C24H38N4O3. The Labute approximate surface area is 186 Å². The van der Waals surface area contributed by atoms with Gasteiger partial charge in [-0.1, -0.05) is 12.1 Å². The number of nitrogens with one attached hydrogen (secondary N) is 2. The van der Waals surface area contributed by atoms with E-state index in [1.165, 1.54) is 5.56 Å². The summed E-state index contributed by atoms with van der Waals surface area (Å²) in [5, 5.41) is 6.23. The fourth-order valence-corrected chi connectivity index (χ4v) is 4.61. The lowest BCUT2D eigenvalue weighted by Crippen LogP contribution is -2.47. The number of carbonyl (C=O) groups is 1. The number of methoxy groups -OCH3 is 1. The molecule has 0 aliphatic carbocycles. The second-order valence-electron chi connectivity index (χ2n) is 8.60. The van der Waals surface area contributed by atoms with E-state index in [9.17, 15) is 4.79 Å². The van der Waals surface area contributed by atoms with Crippen LogP contribution in [0.1, 0.15) is 44.6 Å². The Balaban J connectivity index is 1.71. The number of nitrogens with zero attached hydrogens (tertiary/aromatic N) is 2. The normalized spacial score (nSPS) is 19.7. The van der Waals surface area contributed by atoms with Crippen molar-refractivity contribution in [2.75, 3.05) is 53.6 Å². The molecule has 2 heterocycles. The predicted molar refractivity (Wildman–Crippen MR) is 124 cm³/mol. The number of rotatable bonds is 7. The molecule has 1 amide bonds. The first-order chi connectivity index (χ1) is 15.1. The molecule has 0 radical (unpaired) electrons. The Hall–Kier alpha value is -2.28.